The first-order valence-electron chi connectivity index (χ1n) is 9.70. The number of aliphatic hydroxyl groups is 1. The number of hydrogen-bond acceptors (Lipinski definition) is 8. The van der Waals surface area contributed by atoms with Gasteiger partial charge >= 0.3 is 11.9 Å². The van der Waals surface area contributed by atoms with Gasteiger partial charge in [0.05, 0.1) is 12.1 Å². The van der Waals surface area contributed by atoms with Crippen molar-refractivity contribution in [2.45, 2.75) is 70.3 Å². The minimum atomic E-state index is -1.47. The van der Waals surface area contributed by atoms with Gasteiger partial charge in [0.25, 0.3) is 0 Å². The molecule has 0 fully saturated rings. The van der Waals surface area contributed by atoms with E-state index in [-0.39, 0.29) is 30.9 Å². The van der Waals surface area contributed by atoms with Gasteiger partial charge < -0.3 is 37.0 Å². The third-order valence-electron chi connectivity index (χ3n) is 4.21. The second-order valence-electron chi connectivity index (χ2n) is 7.54. The Bertz CT molecular complexity index is 658. The van der Waals surface area contributed by atoms with Gasteiger partial charge in [0, 0.05) is 12.2 Å². The Kier molecular flexibility index (Phi) is 12.8. The molecule has 5 unspecified atom stereocenters. The number of hydrogen-bond donors (Lipinski definition) is 8. The van der Waals surface area contributed by atoms with Gasteiger partial charge in [-0.1, -0.05) is 13.8 Å². The molecule has 31 heavy (non-hydrogen) atoms. The number of nitrogens with one attached hydrogen (secondary N) is 3. The lowest BCUT2D eigenvalue weighted by atomic mass is 10.0. The summed E-state index contributed by atoms with van der Waals surface area (Å²) in [6.07, 6.45) is -1.72. The van der Waals surface area contributed by atoms with Crippen molar-refractivity contribution in [1.29, 1.82) is 0 Å². The van der Waals surface area contributed by atoms with Crippen molar-refractivity contribution in [3.8, 4) is 0 Å². The SMILES string of the molecule is CC(C)CC(NC(=O)C(NC(=O)C(N)CCC(=O)O)C(C)O)C(=O)NC(CS)C(=O)O. The Labute approximate surface area is 185 Å². The monoisotopic (exact) mass is 464 g/mol. The van der Waals surface area contributed by atoms with Crippen LogP contribution in [0.2, 0.25) is 0 Å². The second kappa shape index (κ2) is 13.8. The molecule has 8 N–H and O–H groups in total. The van der Waals surface area contributed by atoms with Crippen LogP contribution in [0.4, 0.5) is 0 Å². The molecule has 13 heteroatoms. The molecule has 0 aromatic heterocycles. The number of carboxylic acids is 2. The molecule has 0 aliphatic carbocycles. The van der Waals surface area contributed by atoms with E-state index in [4.69, 9.17) is 15.9 Å². The molecule has 0 radical (unpaired) electrons. The van der Waals surface area contributed by atoms with Crippen molar-refractivity contribution in [3.63, 3.8) is 0 Å². The summed E-state index contributed by atoms with van der Waals surface area (Å²) in [5.74, 6) is -5.12. The molecule has 178 valence electrons. The van der Waals surface area contributed by atoms with E-state index in [9.17, 15) is 29.1 Å². The van der Waals surface area contributed by atoms with Gasteiger partial charge in [0.2, 0.25) is 17.7 Å². The summed E-state index contributed by atoms with van der Waals surface area (Å²) in [7, 11) is 0. The van der Waals surface area contributed by atoms with E-state index >= 15 is 0 Å². The summed E-state index contributed by atoms with van der Waals surface area (Å²) >= 11 is 3.87. The molecule has 0 aromatic carbocycles. The van der Waals surface area contributed by atoms with Crippen LogP contribution >= 0.6 is 12.6 Å². The zero-order valence-corrected chi connectivity index (χ0v) is 18.6. The fourth-order valence-corrected chi connectivity index (χ4v) is 2.75. The normalized spacial score (nSPS) is 15.8. The minimum absolute atomic E-state index is 0.0561. The molecule has 0 spiro atoms. The first kappa shape index (κ1) is 28.6. The minimum Gasteiger partial charge on any atom is -0.481 e. The maximum absolute atomic E-state index is 12.7. The summed E-state index contributed by atoms with van der Waals surface area (Å²) in [6.45, 7) is 4.82. The Morgan fingerprint density at radius 1 is 0.903 bits per heavy atom. The summed E-state index contributed by atoms with van der Waals surface area (Å²) < 4.78 is 0. The quantitative estimate of drug-likeness (QED) is 0.134. The number of aliphatic hydroxyl groups excluding tert-OH is 1. The van der Waals surface area contributed by atoms with Gasteiger partial charge in [-0.25, -0.2) is 4.79 Å². The number of carbonyl (C=O) groups is 5. The highest BCUT2D eigenvalue weighted by atomic mass is 32.1. The van der Waals surface area contributed by atoms with E-state index in [2.05, 4.69) is 28.6 Å². The zero-order chi connectivity index (χ0) is 24.3. The van der Waals surface area contributed by atoms with Crippen molar-refractivity contribution in [1.82, 2.24) is 16.0 Å². The molecule has 0 rings (SSSR count). The average molecular weight is 465 g/mol. The predicted octanol–water partition coefficient (Wildman–Crippen LogP) is -1.93. The van der Waals surface area contributed by atoms with E-state index in [1.165, 1.54) is 6.92 Å². The smallest absolute Gasteiger partial charge is 0.327 e. The summed E-state index contributed by atoms with van der Waals surface area (Å²) in [5, 5.41) is 34.6. The number of aliphatic carboxylic acids is 2. The van der Waals surface area contributed by atoms with Crippen molar-refractivity contribution in [3.05, 3.63) is 0 Å². The van der Waals surface area contributed by atoms with Gasteiger partial charge in [0.15, 0.2) is 0 Å². The van der Waals surface area contributed by atoms with Gasteiger partial charge in [-0.05, 0) is 25.7 Å². The fourth-order valence-electron chi connectivity index (χ4n) is 2.50. The maximum atomic E-state index is 12.7. The van der Waals surface area contributed by atoms with Gasteiger partial charge in [-0.2, -0.15) is 12.6 Å². The molecule has 0 saturated heterocycles. The highest BCUT2D eigenvalue weighted by Crippen LogP contribution is 2.07. The number of carboxylic acid groups (broad SMARTS) is 2. The van der Waals surface area contributed by atoms with Crippen molar-refractivity contribution >= 4 is 42.3 Å². The lowest BCUT2D eigenvalue weighted by molar-refractivity contribution is -0.142. The van der Waals surface area contributed by atoms with Gasteiger partial charge in [0.1, 0.15) is 18.1 Å². The molecular weight excluding hydrogens is 432 g/mol. The lowest BCUT2D eigenvalue weighted by Gasteiger charge is -2.27. The molecule has 0 heterocycles. The fraction of sp³-hybridized carbons (Fsp3) is 0.722. The predicted molar refractivity (Wildman–Crippen MR) is 113 cm³/mol. The van der Waals surface area contributed by atoms with Crippen LogP contribution in [0, 0.1) is 5.92 Å². The summed E-state index contributed by atoms with van der Waals surface area (Å²) in [6, 6.07) is -5.08. The van der Waals surface area contributed by atoms with Crippen LogP contribution in [0.25, 0.3) is 0 Å². The molecule has 12 nitrogen and oxygen atoms in total. The molecule has 5 atom stereocenters. The number of nitrogens with two attached hydrogens (primary N) is 1. The molecule has 0 aromatic rings. The van der Waals surface area contributed by atoms with Gasteiger partial charge in [-0.3, -0.25) is 19.2 Å². The second-order valence-corrected chi connectivity index (χ2v) is 7.90. The first-order chi connectivity index (χ1) is 14.3. The van der Waals surface area contributed by atoms with Crippen LogP contribution in [-0.4, -0.2) is 81.0 Å². The topological polar surface area (TPSA) is 208 Å². The van der Waals surface area contributed by atoms with Crippen LogP contribution in [-0.2, 0) is 24.0 Å². The Hall–Kier alpha value is -2.38. The van der Waals surface area contributed by atoms with Gasteiger partial charge in [-0.15, -0.1) is 0 Å². The van der Waals surface area contributed by atoms with Crippen LogP contribution in [0.5, 0.6) is 0 Å². The standard InChI is InChI=1S/C18H32N4O8S/c1-8(2)6-11(16(27)21-12(7-31)18(29)30)20-17(28)14(9(3)23)22-15(26)10(19)4-5-13(24)25/h8-12,14,23,31H,4-7,19H2,1-3H3,(H,20,28)(H,21,27)(H,22,26)(H,24,25)(H,29,30). The highest BCUT2D eigenvalue weighted by Gasteiger charge is 2.32. The van der Waals surface area contributed by atoms with E-state index in [0.717, 1.165) is 0 Å². The number of thiol groups is 1. The maximum Gasteiger partial charge on any atom is 0.327 e. The molecule has 3 amide bonds. The molecule has 0 aliphatic rings. The first-order valence-corrected chi connectivity index (χ1v) is 10.3. The van der Waals surface area contributed by atoms with Crippen LogP contribution < -0.4 is 21.7 Å². The molecule has 0 bridgehead atoms. The third kappa shape index (κ3) is 11.0. The van der Waals surface area contributed by atoms with Crippen LogP contribution in [0.3, 0.4) is 0 Å². The Morgan fingerprint density at radius 3 is 1.87 bits per heavy atom. The number of rotatable bonds is 14. The number of amides is 3. The van der Waals surface area contributed by atoms with Crippen molar-refractivity contribution in [2.75, 3.05) is 5.75 Å². The lowest BCUT2D eigenvalue weighted by Crippen LogP contribution is -2.60. The largest absolute Gasteiger partial charge is 0.481 e. The van der Waals surface area contributed by atoms with E-state index in [1.807, 2.05) is 0 Å². The highest BCUT2D eigenvalue weighted by molar-refractivity contribution is 7.80. The Balaban J connectivity index is 5.30. The van der Waals surface area contributed by atoms with Crippen molar-refractivity contribution in [2.24, 2.45) is 11.7 Å². The zero-order valence-electron chi connectivity index (χ0n) is 17.7. The van der Waals surface area contributed by atoms with Crippen LogP contribution in [0.1, 0.15) is 40.0 Å². The third-order valence-corrected chi connectivity index (χ3v) is 4.57. The molecular formula is C18H32N4O8S. The van der Waals surface area contributed by atoms with E-state index in [0.29, 0.717) is 0 Å². The molecule has 0 saturated carbocycles. The summed E-state index contributed by atoms with van der Waals surface area (Å²) in [5.41, 5.74) is 5.61. The average Bonchev–Trinajstić information content (AvgIpc) is 2.66. The summed E-state index contributed by atoms with van der Waals surface area (Å²) in [4.78, 5) is 59.1. The van der Waals surface area contributed by atoms with Crippen molar-refractivity contribution < 1.29 is 39.3 Å². The van der Waals surface area contributed by atoms with E-state index < -0.39 is 59.9 Å². The van der Waals surface area contributed by atoms with Crippen LogP contribution in [0.15, 0.2) is 0 Å². The molecule has 0 aliphatic heterocycles. The Morgan fingerprint density at radius 2 is 1.45 bits per heavy atom. The number of carbonyl (C=O) groups excluding carboxylic acids is 3. The van der Waals surface area contributed by atoms with E-state index in [1.54, 1.807) is 13.8 Å².